The molecule has 1 aromatic heterocycles. The quantitative estimate of drug-likeness (QED) is 0.719. The number of hydrogen-bond donors (Lipinski definition) is 2. The highest BCUT2D eigenvalue weighted by molar-refractivity contribution is 9.11. The zero-order valence-electron chi connectivity index (χ0n) is 9.86. The standard InChI is InChI=1S/C11H9Br2ClN2O2S2/c12-8-3-6(14)1-2-9(8)16-20(17,18)10-4-7(5-15)19-11(10)13/h1-4,16H,5,15H2. The number of anilines is 1. The first kappa shape index (κ1) is 16.3. The van der Waals surface area contributed by atoms with E-state index >= 15 is 0 Å². The third-order valence-electron chi connectivity index (χ3n) is 2.37. The van der Waals surface area contributed by atoms with Gasteiger partial charge in [0.2, 0.25) is 0 Å². The van der Waals surface area contributed by atoms with Crippen molar-refractivity contribution in [2.45, 2.75) is 11.4 Å². The monoisotopic (exact) mass is 458 g/mol. The Kier molecular flexibility index (Phi) is 5.14. The minimum absolute atomic E-state index is 0.171. The summed E-state index contributed by atoms with van der Waals surface area (Å²) in [6.07, 6.45) is 0. The summed E-state index contributed by atoms with van der Waals surface area (Å²) in [4.78, 5) is 0.956. The minimum Gasteiger partial charge on any atom is -0.326 e. The van der Waals surface area contributed by atoms with Gasteiger partial charge in [-0.25, -0.2) is 8.42 Å². The topological polar surface area (TPSA) is 72.2 Å². The van der Waals surface area contributed by atoms with Crippen LogP contribution in [0.15, 0.2) is 37.4 Å². The zero-order chi connectivity index (χ0) is 14.9. The smallest absolute Gasteiger partial charge is 0.263 e. The Balaban J connectivity index is 2.38. The molecule has 0 atom stereocenters. The van der Waals surface area contributed by atoms with Crippen LogP contribution in [0.4, 0.5) is 5.69 Å². The van der Waals surface area contributed by atoms with Crippen molar-refractivity contribution in [3.8, 4) is 0 Å². The van der Waals surface area contributed by atoms with Gasteiger partial charge >= 0.3 is 0 Å². The van der Waals surface area contributed by atoms with Gasteiger partial charge in [0.15, 0.2) is 0 Å². The molecule has 1 aromatic carbocycles. The predicted molar refractivity (Wildman–Crippen MR) is 89.9 cm³/mol. The number of nitrogens with one attached hydrogen (secondary N) is 1. The van der Waals surface area contributed by atoms with Crippen LogP contribution in [0.1, 0.15) is 4.88 Å². The summed E-state index contributed by atoms with van der Waals surface area (Å²) in [6.45, 7) is 0.295. The van der Waals surface area contributed by atoms with Gasteiger partial charge < -0.3 is 5.73 Å². The molecule has 0 spiro atoms. The molecule has 3 N–H and O–H groups in total. The van der Waals surface area contributed by atoms with Gasteiger partial charge in [-0.1, -0.05) is 11.6 Å². The molecule has 2 aromatic rings. The zero-order valence-corrected chi connectivity index (χ0v) is 15.4. The molecule has 9 heteroatoms. The minimum atomic E-state index is -3.68. The molecule has 108 valence electrons. The van der Waals surface area contributed by atoms with Crippen LogP contribution < -0.4 is 10.5 Å². The predicted octanol–water partition coefficient (Wildman–Crippen LogP) is 4.19. The normalized spacial score (nSPS) is 11.6. The van der Waals surface area contributed by atoms with E-state index < -0.39 is 10.0 Å². The average molecular weight is 461 g/mol. The van der Waals surface area contributed by atoms with Crippen molar-refractivity contribution in [3.05, 3.63) is 42.4 Å². The van der Waals surface area contributed by atoms with Crippen molar-refractivity contribution in [3.63, 3.8) is 0 Å². The summed E-state index contributed by atoms with van der Waals surface area (Å²) < 4.78 is 28.3. The fraction of sp³-hybridized carbons (Fsp3) is 0.0909. The maximum absolute atomic E-state index is 12.4. The molecule has 0 radical (unpaired) electrons. The number of benzene rings is 1. The van der Waals surface area contributed by atoms with Crippen LogP contribution in [-0.2, 0) is 16.6 Å². The lowest BCUT2D eigenvalue weighted by Gasteiger charge is -2.09. The van der Waals surface area contributed by atoms with Crippen LogP contribution in [0.25, 0.3) is 0 Å². The van der Waals surface area contributed by atoms with Crippen molar-refractivity contribution in [2.24, 2.45) is 5.73 Å². The van der Waals surface area contributed by atoms with Crippen LogP contribution in [0.5, 0.6) is 0 Å². The number of nitrogens with two attached hydrogens (primary N) is 1. The lowest BCUT2D eigenvalue weighted by molar-refractivity contribution is 0.601. The molecule has 0 aliphatic rings. The second kappa shape index (κ2) is 6.33. The Morgan fingerprint density at radius 1 is 1.30 bits per heavy atom. The molecule has 20 heavy (non-hydrogen) atoms. The molecule has 0 saturated carbocycles. The van der Waals surface area contributed by atoms with E-state index in [0.717, 1.165) is 4.88 Å². The first-order valence-electron chi connectivity index (χ1n) is 5.29. The highest BCUT2D eigenvalue weighted by Crippen LogP contribution is 2.34. The van der Waals surface area contributed by atoms with E-state index in [1.807, 2.05) is 0 Å². The Hall–Kier alpha value is -0.120. The molecular formula is C11H9Br2ClN2O2S2. The van der Waals surface area contributed by atoms with E-state index in [4.69, 9.17) is 17.3 Å². The summed E-state index contributed by atoms with van der Waals surface area (Å²) in [5.74, 6) is 0. The van der Waals surface area contributed by atoms with Crippen molar-refractivity contribution in [1.29, 1.82) is 0 Å². The SMILES string of the molecule is NCc1cc(S(=O)(=O)Nc2ccc(Cl)cc2Br)c(Br)s1. The first-order chi connectivity index (χ1) is 9.33. The van der Waals surface area contributed by atoms with Gasteiger partial charge in [0, 0.05) is 20.9 Å². The Morgan fingerprint density at radius 3 is 2.55 bits per heavy atom. The Labute approximate surface area is 142 Å². The molecule has 0 bridgehead atoms. The molecule has 0 aliphatic carbocycles. The number of hydrogen-bond acceptors (Lipinski definition) is 4. The molecule has 0 unspecified atom stereocenters. The lowest BCUT2D eigenvalue weighted by Crippen LogP contribution is -2.13. The average Bonchev–Trinajstić information content (AvgIpc) is 2.75. The molecule has 1 heterocycles. The maximum atomic E-state index is 12.4. The van der Waals surface area contributed by atoms with Gasteiger partial charge in [0.05, 0.1) is 9.47 Å². The second-order valence-electron chi connectivity index (χ2n) is 3.78. The van der Waals surface area contributed by atoms with Crippen molar-refractivity contribution in [2.75, 3.05) is 4.72 Å². The van der Waals surface area contributed by atoms with Crippen molar-refractivity contribution in [1.82, 2.24) is 0 Å². The highest BCUT2D eigenvalue weighted by atomic mass is 79.9. The molecule has 0 aliphatic heterocycles. The van der Waals surface area contributed by atoms with Gasteiger partial charge in [-0.3, -0.25) is 4.72 Å². The van der Waals surface area contributed by atoms with Gasteiger partial charge in [0.25, 0.3) is 10.0 Å². The Bertz CT molecular complexity index is 747. The van der Waals surface area contributed by atoms with Gasteiger partial charge in [0.1, 0.15) is 4.90 Å². The van der Waals surface area contributed by atoms with Crippen LogP contribution in [-0.4, -0.2) is 8.42 Å². The van der Waals surface area contributed by atoms with Crippen LogP contribution in [0.3, 0.4) is 0 Å². The lowest BCUT2D eigenvalue weighted by atomic mass is 10.3. The van der Waals surface area contributed by atoms with E-state index in [1.54, 1.807) is 24.3 Å². The number of sulfonamides is 1. The second-order valence-corrected chi connectivity index (χ2v) is 9.18. The van der Waals surface area contributed by atoms with E-state index in [-0.39, 0.29) is 4.90 Å². The van der Waals surface area contributed by atoms with E-state index in [0.29, 0.717) is 25.5 Å². The molecule has 0 saturated heterocycles. The van der Waals surface area contributed by atoms with Crippen molar-refractivity contribution >= 4 is 70.5 Å². The molecule has 0 fully saturated rings. The van der Waals surface area contributed by atoms with Crippen LogP contribution in [0.2, 0.25) is 5.02 Å². The number of thiophene rings is 1. The third kappa shape index (κ3) is 3.55. The maximum Gasteiger partial charge on any atom is 0.263 e. The fourth-order valence-electron chi connectivity index (χ4n) is 1.45. The number of rotatable bonds is 4. The van der Waals surface area contributed by atoms with Gasteiger partial charge in [-0.05, 0) is 56.1 Å². The van der Waals surface area contributed by atoms with Crippen LogP contribution in [0, 0.1) is 0 Å². The van der Waals surface area contributed by atoms with E-state index in [2.05, 4.69) is 36.6 Å². The van der Waals surface area contributed by atoms with E-state index in [9.17, 15) is 8.42 Å². The molecule has 2 rings (SSSR count). The summed E-state index contributed by atoms with van der Waals surface area (Å²) in [5.41, 5.74) is 5.94. The number of halogens is 3. The molecular weight excluding hydrogens is 452 g/mol. The highest BCUT2D eigenvalue weighted by Gasteiger charge is 2.21. The van der Waals surface area contributed by atoms with Crippen LogP contribution >= 0.6 is 54.8 Å². The molecule has 0 amide bonds. The summed E-state index contributed by atoms with van der Waals surface area (Å²) in [6, 6.07) is 6.38. The largest absolute Gasteiger partial charge is 0.326 e. The molecule has 4 nitrogen and oxygen atoms in total. The van der Waals surface area contributed by atoms with E-state index in [1.165, 1.54) is 11.3 Å². The first-order valence-corrected chi connectivity index (χ1v) is 9.56. The van der Waals surface area contributed by atoms with Gasteiger partial charge in [-0.2, -0.15) is 0 Å². The van der Waals surface area contributed by atoms with Crippen molar-refractivity contribution < 1.29 is 8.42 Å². The summed E-state index contributed by atoms with van der Waals surface area (Å²) in [7, 11) is -3.68. The Morgan fingerprint density at radius 2 is 2.00 bits per heavy atom. The summed E-state index contributed by atoms with van der Waals surface area (Å²) in [5, 5.41) is 0.516. The third-order valence-corrected chi connectivity index (χ3v) is 6.90. The summed E-state index contributed by atoms with van der Waals surface area (Å²) >= 11 is 13.6. The van der Waals surface area contributed by atoms with Gasteiger partial charge in [-0.15, -0.1) is 11.3 Å². The fourth-order valence-corrected chi connectivity index (χ4v) is 6.01.